The third-order valence-corrected chi connectivity index (χ3v) is 3.70. The fourth-order valence-corrected chi connectivity index (χ4v) is 2.61. The molecule has 1 heterocycles. The number of nitrogens with one attached hydrogen (secondary N) is 1. The summed E-state index contributed by atoms with van der Waals surface area (Å²) in [5, 5.41) is 2.94. The molecule has 0 aliphatic rings. The topological polar surface area (TPSA) is 54.9 Å². The number of carbonyl (C=O) groups excluding carboxylic acids is 1. The lowest BCUT2D eigenvalue weighted by Gasteiger charge is -2.09. The number of amides is 1. The maximum Gasteiger partial charge on any atom is 0.252 e. The number of carbonyl (C=O) groups is 1. The van der Waals surface area contributed by atoms with Gasteiger partial charge < -0.3 is 5.32 Å². The third kappa shape index (κ3) is 4.06. The van der Waals surface area contributed by atoms with Gasteiger partial charge in [-0.1, -0.05) is 19.1 Å². The molecule has 104 valence electrons. The Kier molecular flexibility index (Phi) is 5.55. The molecule has 0 radical (unpaired) electrons. The molecule has 20 heavy (non-hydrogen) atoms. The van der Waals surface area contributed by atoms with Crippen LogP contribution in [0.25, 0.3) is 0 Å². The molecule has 0 spiro atoms. The fourth-order valence-electron chi connectivity index (χ4n) is 1.81. The summed E-state index contributed by atoms with van der Waals surface area (Å²) in [5.74, 6) is 0.921. The summed E-state index contributed by atoms with van der Waals surface area (Å²) in [7, 11) is 0. The summed E-state index contributed by atoms with van der Waals surface area (Å²) in [5.41, 5.74) is 1.76. The predicted molar refractivity (Wildman–Crippen MR) is 80.9 cm³/mol. The lowest BCUT2D eigenvalue weighted by atomic mass is 10.2. The van der Waals surface area contributed by atoms with E-state index >= 15 is 0 Å². The second kappa shape index (κ2) is 7.65. The minimum atomic E-state index is -0.0293. The molecule has 0 unspecified atom stereocenters. The van der Waals surface area contributed by atoms with Crippen molar-refractivity contribution in [3.05, 3.63) is 54.1 Å². The monoisotopic (exact) mass is 287 g/mol. The van der Waals surface area contributed by atoms with Crippen LogP contribution in [0.15, 0.2) is 47.9 Å². The minimum Gasteiger partial charge on any atom is -0.352 e. The van der Waals surface area contributed by atoms with Crippen LogP contribution in [0, 0.1) is 0 Å². The van der Waals surface area contributed by atoms with Crippen LogP contribution < -0.4 is 5.32 Å². The molecule has 0 fully saturated rings. The van der Waals surface area contributed by atoms with E-state index in [2.05, 4.69) is 22.2 Å². The second-order valence-corrected chi connectivity index (χ2v) is 5.49. The molecule has 0 bridgehead atoms. The van der Waals surface area contributed by atoms with E-state index in [1.54, 1.807) is 24.2 Å². The van der Waals surface area contributed by atoms with Crippen molar-refractivity contribution in [2.45, 2.75) is 18.2 Å². The van der Waals surface area contributed by atoms with E-state index in [1.165, 1.54) is 6.33 Å². The van der Waals surface area contributed by atoms with Crippen molar-refractivity contribution < 1.29 is 4.79 Å². The first-order valence-corrected chi connectivity index (χ1v) is 7.53. The SMILES string of the molecule is CCSc1ccccc1C(=O)NCCc1cncnc1. The Morgan fingerprint density at radius 3 is 2.75 bits per heavy atom. The zero-order valence-corrected chi connectivity index (χ0v) is 12.2. The number of thioether (sulfide) groups is 1. The van der Waals surface area contributed by atoms with Gasteiger partial charge >= 0.3 is 0 Å². The Labute approximate surface area is 123 Å². The highest BCUT2D eigenvalue weighted by molar-refractivity contribution is 7.99. The predicted octanol–water partition coefficient (Wildman–Crippen LogP) is 2.56. The lowest BCUT2D eigenvalue weighted by Crippen LogP contribution is -2.26. The molecule has 2 aromatic rings. The molecule has 2 rings (SSSR count). The van der Waals surface area contributed by atoms with Crippen molar-refractivity contribution in [1.29, 1.82) is 0 Å². The van der Waals surface area contributed by atoms with Gasteiger partial charge in [0.2, 0.25) is 0 Å². The van der Waals surface area contributed by atoms with Crippen LogP contribution in [0.4, 0.5) is 0 Å². The van der Waals surface area contributed by atoms with Crippen LogP contribution in [0.1, 0.15) is 22.8 Å². The van der Waals surface area contributed by atoms with Gasteiger partial charge in [-0.25, -0.2) is 9.97 Å². The third-order valence-electron chi connectivity index (χ3n) is 2.74. The van der Waals surface area contributed by atoms with Crippen LogP contribution in [0.3, 0.4) is 0 Å². The molecule has 0 saturated carbocycles. The normalized spacial score (nSPS) is 10.2. The summed E-state index contributed by atoms with van der Waals surface area (Å²) in [6.07, 6.45) is 5.76. The fraction of sp³-hybridized carbons (Fsp3) is 0.267. The van der Waals surface area contributed by atoms with Gasteiger partial charge in [-0.2, -0.15) is 0 Å². The first-order valence-electron chi connectivity index (χ1n) is 6.55. The highest BCUT2D eigenvalue weighted by atomic mass is 32.2. The second-order valence-electron chi connectivity index (χ2n) is 4.18. The van der Waals surface area contributed by atoms with Crippen molar-refractivity contribution in [2.24, 2.45) is 0 Å². The van der Waals surface area contributed by atoms with Crippen molar-refractivity contribution in [1.82, 2.24) is 15.3 Å². The van der Waals surface area contributed by atoms with E-state index in [4.69, 9.17) is 0 Å². The molecule has 0 atom stereocenters. The van der Waals surface area contributed by atoms with Gasteiger partial charge in [0.25, 0.3) is 5.91 Å². The van der Waals surface area contributed by atoms with Crippen LogP contribution in [-0.4, -0.2) is 28.2 Å². The Hall–Kier alpha value is -1.88. The summed E-state index contributed by atoms with van der Waals surface area (Å²) in [4.78, 5) is 21.1. The highest BCUT2D eigenvalue weighted by Crippen LogP contribution is 2.21. The van der Waals surface area contributed by atoms with Gasteiger partial charge in [0.15, 0.2) is 0 Å². The Morgan fingerprint density at radius 1 is 1.25 bits per heavy atom. The van der Waals surface area contributed by atoms with Crippen molar-refractivity contribution in [2.75, 3.05) is 12.3 Å². The molecule has 5 heteroatoms. The molecule has 0 saturated heterocycles. The number of aromatic nitrogens is 2. The van der Waals surface area contributed by atoms with E-state index in [-0.39, 0.29) is 5.91 Å². The van der Waals surface area contributed by atoms with Gasteiger partial charge in [-0.3, -0.25) is 4.79 Å². The molecule has 1 N–H and O–H groups in total. The van der Waals surface area contributed by atoms with Gasteiger partial charge in [0.1, 0.15) is 6.33 Å². The van der Waals surface area contributed by atoms with Crippen molar-refractivity contribution in [3.63, 3.8) is 0 Å². The van der Waals surface area contributed by atoms with E-state index in [9.17, 15) is 4.79 Å². The lowest BCUT2D eigenvalue weighted by molar-refractivity contribution is 0.0951. The number of nitrogens with zero attached hydrogens (tertiary/aromatic N) is 2. The molecule has 1 amide bonds. The highest BCUT2D eigenvalue weighted by Gasteiger charge is 2.10. The standard InChI is InChI=1S/C15H17N3OS/c1-2-20-14-6-4-3-5-13(14)15(19)18-8-7-12-9-16-11-17-10-12/h3-6,9-11H,2,7-8H2,1H3,(H,18,19). The molecule has 4 nitrogen and oxygen atoms in total. The number of rotatable bonds is 6. The average Bonchev–Trinajstić information content (AvgIpc) is 2.49. The van der Waals surface area contributed by atoms with Crippen molar-refractivity contribution in [3.8, 4) is 0 Å². The number of hydrogen-bond acceptors (Lipinski definition) is 4. The summed E-state index contributed by atoms with van der Waals surface area (Å²) >= 11 is 1.68. The quantitative estimate of drug-likeness (QED) is 0.830. The van der Waals surface area contributed by atoms with Crippen LogP contribution in [-0.2, 0) is 6.42 Å². The molecule has 1 aromatic heterocycles. The Balaban J connectivity index is 1.92. The van der Waals surface area contributed by atoms with Crippen LogP contribution in [0.2, 0.25) is 0 Å². The first-order chi connectivity index (χ1) is 9.81. The van der Waals surface area contributed by atoms with Gasteiger partial charge in [0.05, 0.1) is 5.56 Å². The first kappa shape index (κ1) is 14.5. The average molecular weight is 287 g/mol. The summed E-state index contributed by atoms with van der Waals surface area (Å²) in [6.45, 7) is 2.66. The zero-order chi connectivity index (χ0) is 14.2. The van der Waals surface area contributed by atoms with Crippen LogP contribution >= 0.6 is 11.8 Å². The van der Waals surface area contributed by atoms with E-state index in [0.29, 0.717) is 6.54 Å². The largest absolute Gasteiger partial charge is 0.352 e. The minimum absolute atomic E-state index is 0.0293. The van der Waals surface area contributed by atoms with Crippen LogP contribution in [0.5, 0.6) is 0 Å². The summed E-state index contributed by atoms with van der Waals surface area (Å²) < 4.78 is 0. The smallest absolute Gasteiger partial charge is 0.252 e. The zero-order valence-electron chi connectivity index (χ0n) is 11.4. The summed E-state index contributed by atoms with van der Waals surface area (Å²) in [6, 6.07) is 7.68. The van der Waals surface area contributed by atoms with Gasteiger partial charge in [-0.05, 0) is 29.9 Å². The van der Waals surface area contributed by atoms with Gasteiger partial charge in [-0.15, -0.1) is 11.8 Å². The number of benzene rings is 1. The maximum atomic E-state index is 12.2. The molecular weight excluding hydrogens is 270 g/mol. The molecular formula is C15H17N3OS. The number of hydrogen-bond donors (Lipinski definition) is 1. The Bertz CT molecular complexity index is 560. The van der Waals surface area contributed by atoms with E-state index in [1.807, 2.05) is 24.3 Å². The van der Waals surface area contributed by atoms with E-state index < -0.39 is 0 Å². The van der Waals surface area contributed by atoms with Crippen molar-refractivity contribution >= 4 is 17.7 Å². The maximum absolute atomic E-state index is 12.2. The molecule has 0 aliphatic carbocycles. The molecule has 0 aliphatic heterocycles. The van der Waals surface area contributed by atoms with E-state index in [0.717, 1.165) is 28.2 Å². The van der Waals surface area contributed by atoms with Gasteiger partial charge in [0, 0.05) is 23.8 Å². The Morgan fingerprint density at radius 2 is 2.00 bits per heavy atom. The molecule has 1 aromatic carbocycles.